The first-order valence-corrected chi connectivity index (χ1v) is 8.14. The number of nitrogens with one attached hydrogen (secondary N) is 1. The Labute approximate surface area is 142 Å². The fourth-order valence-corrected chi connectivity index (χ4v) is 2.33. The third-order valence-electron chi connectivity index (χ3n) is 3.29. The second kappa shape index (κ2) is 10.1. The molecule has 0 bridgehead atoms. The van der Waals surface area contributed by atoms with Gasteiger partial charge in [-0.1, -0.05) is 37.6 Å². The molecule has 1 rings (SSSR count). The summed E-state index contributed by atoms with van der Waals surface area (Å²) < 4.78 is 5.50. The zero-order chi connectivity index (χ0) is 17.2. The maximum Gasteiger partial charge on any atom is 0.308 e. The molecule has 0 fully saturated rings. The molecule has 0 saturated carbocycles. The van der Waals surface area contributed by atoms with Gasteiger partial charge in [0.15, 0.2) is 0 Å². The van der Waals surface area contributed by atoms with Crippen LogP contribution in [0.1, 0.15) is 33.1 Å². The molecule has 0 saturated heterocycles. The summed E-state index contributed by atoms with van der Waals surface area (Å²) in [6, 6.07) is 7.16. The standard InChI is InChI=1S/C17H24ClNO4/c1-12(2)10-13(17(21)22)11-19-16(20)8-5-9-23-15-7-4-3-6-14(15)18/h3-4,6-7,12-13H,5,8-11H2,1-2H3,(H,19,20)(H,21,22). The summed E-state index contributed by atoms with van der Waals surface area (Å²) in [4.78, 5) is 22.9. The number of amides is 1. The van der Waals surface area contributed by atoms with Crippen molar-refractivity contribution in [2.45, 2.75) is 33.1 Å². The number of rotatable bonds is 10. The number of hydrogen-bond acceptors (Lipinski definition) is 3. The third-order valence-corrected chi connectivity index (χ3v) is 3.61. The Morgan fingerprint density at radius 1 is 1.30 bits per heavy atom. The van der Waals surface area contributed by atoms with Gasteiger partial charge in [0.25, 0.3) is 0 Å². The van der Waals surface area contributed by atoms with Crippen LogP contribution in [0, 0.1) is 11.8 Å². The predicted molar refractivity (Wildman–Crippen MR) is 89.8 cm³/mol. The van der Waals surface area contributed by atoms with E-state index in [9.17, 15) is 9.59 Å². The Hall–Kier alpha value is -1.75. The van der Waals surface area contributed by atoms with Crippen LogP contribution < -0.4 is 10.1 Å². The van der Waals surface area contributed by atoms with Crippen molar-refractivity contribution >= 4 is 23.5 Å². The van der Waals surface area contributed by atoms with Gasteiger partial charge in [0.05, 0.1) is 17.5 Å². The summed E-state index contributed by atoms with van der Waals surface area (Å²) in [5, 5.41) is 12.3. The third kappa shape index (κ3) is 7.88. The molecule has 1 unspecified atom stereocenters. The van der Waals surface area contributed by atoms with Crippen molar-refractivity contribution in [2.24, 2.45) is 11.8 Å². The predicted octanol–water partition coefficient (Wildman–Crippen LogP) is 3.36. The molecule has 23 heavy (non-hydrogen) atoms. The van der Waals surface area contributed by atoms with E-state index in [2.05, 4.69) is 5.32 Å². The topological polar surface area (TPSA) is 75.6 Å². The highest BCUT2D eigenvalue weighted by atomic mass is 35.5. The lowest BCUT2D eigenvalue weighted by Gasteiger charge is -2.15. The van der Waals surface area contributed by atoms with E-state index in [4.69, 9.17) is 21.4 Å². The first kappa shape index (κ1) is 19.3. The quantitative estimate of drug-likeness (QED) is 0.640. The number of para-hydroxylation sites is 1. The van der Waals surface area contributed by atoms with Crippen LogP contribution in [0.5, 0.6) is 5.75 Å². The molecule has 1 aromatic carbocycles. The molecule has 0 heterocycles. The van der Waals surface area contributed by atoms with Crippen molar-refractivity contribution in [3.05, 3.63) is 29.3 Å². The summed E-state index contributed by atoms with van der Waals surface area (Å²) in [6.07, 6.45) is 1.38. The molecule has 1 amide bonds. The molecule has 128 valence electrons. The average Bonchev–Trinajstić information content (AvgIpc) is 2.49. The molecule has 6 heteroatoms. The molecule has 1 atom stereocenters. The minimum absolute atomic E-state index is 0.164. The summed E-state index contributed by atoms with van der Waals surface area (Å²) in [5.41, 5.74) is 0. The Balaban J connectivity index is 2.24. The summed E-state index contributed by atoms with van der Waals surface area (Å²) >= 11 is 5.96. The molecule has 0 aromatic heterocycles. The van der Waals surface area contributed by atoms with Gasteiger partial charge in [-0.25, -0.2) is 0 Å². The molecule has 0 radical (unpaired) electrons. The van der Waals surface area contributed by atoms with Gasteiger partial charge in [-0.15, -0.1) is 0 Å². The van der Waals surface area contributed by atoms with Crippen LogP contribution in [-0.4, -0.2) is 30.1 Å². The zero-order valence-electron chi connectivity index (χ0n) is 13.5. The number of carboxylic acid groups (broad SMARTS) is 1. The van der Waals surface area contributed by atoms with Crippen molar-refractivity contribution in [1.82, 2.24) is 5.32 Å². The highest BCUT2D eigenvalue weighted by molar-refractivity contribution is 6.32. The van der Waals surface area contributed by atoms with Gasteiger partial charge in [-0.05, 0) is 30.9 Å². The van der Waals surface area contributed by atoms with E-state index in [0.717, 1.165) is 0 Å². The van der Waals surface area contributed by atoms with Crippen LogP contribution in [0.3, 0.4) is 0 Å². The number of hydrogen-bond donors (Lipinski definition) is 2. The second-order valence-electron chi connectivity index (χ2n) is 5.85. The van der Waals surface area contributed by atoms with Gasteiger partial charge in [0.2, 0.25) is 5.91 Å². The van der Waals surface area contributed by atoms with Gasteiger partial charge in [-0.3, -0.25) is 9.59 Å². The number of ether oxygens (including phenoxy) is 1. The van der Waals surface area contributed by atoms with E-state index in [-0.39, 0.29) is 18.4 Å². The number of benzene rings is 1. The fourth-order valence-electron chi connectivity index (χ4n) is 2.14. The average molecular weight is 342 g/mol. The molecular formula is C17H24ClNO4. The Bertz CT molecular complexity index is 519. The summed E-state index contributed by atoms with van der Waals surface area (Å²) in [5.74, 6) is -0.711. The van der Waals surface area contributed by atoms with Gasteiger partial charge in [-0.2, -0.15) is 0 Å². The molecule has 1 aromatic rings. The Morgan fingerprint density at radius 3 is 2.61 bits per heavy atom. The molecule has 5 nitrogen and oxygen atoms in total. The van der Waals surface area contributed by atoms with Crippen molar-refractivity contribution in [3.63, 3.8) is 0 Å². The molecule has 0 aliphatic rings. The minimum atomic E-state index is -0.874. The van der Waals surface area contributed by atoms with Gasteiger partial charge < -0.3 is 15.2 Å². The maximum atomic E-state index is 11.7. The van der Waals surface area contributed by atoms with Gasteiger partial charge >= 0.3 is 5.97 Å². The molecule has 0 spiro atoms. The monoisotopic (exact) mass is 341 g/mol. The van der Waals surface area contributed by atoms with Crippen LogP contribution in [0.15, 0.2) is 24.3 Å². The van der Waals surface area contributed by atoms with Gasteiger partial charge in [0.1, 0.15) is 5.75 Å². The Morgan fingerprint density at radius 2 is 2.00 bits per heavy atom. The van der Waals surface area contributed by atoms with Crippen LogP contribution >= 0.6 is 11.6 Å². The van der Waals surface area contributed by atoms with E-state index in [1.54, 1.807) is 12.1 Å². The van der Waals surface area contributed by atoms with E-state index in [1.807, 2.05) is 26.0 Å². The number of carbonyl (C=O) groups is 2. The van der Waals surface area contributed by atoms with Crippen LogP contribution in [0.2, 0.25) is 5.02 Å². The second-order valence-corrected chi connectivity index (χ2v) is 6.26. The van der Waals surface area contributed by atoms with Crippen molar-refractivity contribution in [3.8, 4) is 5.75 Å². The molecule has 0 aliphatic carbocycles. The lowest BCUT2D eigenvalue weighted by atomic mass is 9.97. The van der Waals surface area contributed by atoms with Crippen molar-refractivity contribution in [1.29, 1.82) is 0 Å². The highest BCUT2D eigenvalue weighted by Crippen LogP contribution is 2.23. The summed E-state index contributed by atoms with van der Waals surface area (Å²) in [7, 11) is 0. The van der Waals surface area contributed by atoms with Crippen LogP contribution in [-0.2, 0) is 9.59 Å². The normalized spacial score (nSPS) is 12.0. The number of carboxylic acids is 1. The first-order chi connectivity index (χ1) is 10.9. The minimum Gasteiger partial charge on any atom is -0.492 e. The van der Waals surface area contributed by atoms with Crippen molar-refractivity contribution < 1.29 is 19.4 Å². The highest BCUT2D eigenvalue weighted by Gasteiger charge is 2.19. The smallest absolute Gasteiger partial charge is 0.308 e. The van der Waals surface area contributed by atoms with Crippen molar-refractivity contribution in [2.75, 3.05) is 13.2 Å². The number of aliphatic carboxylic acids is 1. The SMILES string of the molecule is CC(C)CC(CNC(=O)CCCOc1ccccc1Cl)C(=O)O. The molecule has 0 aliphatic heterocycles. The molecule has 2 N–H and O–H groups in total. The number of halogens is 1. The summed E-state index contributed by atoms with van der Waals surface area (Å²) in [6.45, 7) is 4.47. The largest absolute Gasteiger partial charge is 0.492 e. The first-order valence-electron chi connectivity index (χ1n) is 7.77. The maximum absolute atomic E-state index is 11.7. The Kier molecular flexibility index (Phi) is 8.48. The van der Waals surface area contributed by atoms with E-state index in [1.165, 1.54) is 0 Å². The lowest BCUT2D eigenvalue weighted by Crippen LogP contribution is -2.33. The van der Waals surface area contributed by atoms with E-state index in [0.29, 0.717) is 36.6 Å². The lowest BCUT2D eigenvalue weighted by molar-refractivity contribution is -0.142. The van der Waals surface area contributed by atoms with Crippen LogP contribution in [0.25, 0.3) is 0 Å². The number of carbonyl (C=O) groups excluding carboxylic acids is 1. The fraction of sp³-hybridized carbons (Fsp3) is 0.529. The van der Waals surface area contributed by atoms with E-state index >= 15 is 0 Å². The van der Waals surface area contributed by atoms with Gasteiger partial charge in [0, 0.05) is 13.0 Å². The zero-order valence-corrected chi connectivity index (χ0v) is 14.3. The van der Waals surface area contributed by atoms with Crippen LogP contribution in [0.4, 0.5) is 0 Å². The molecular weight excluding hydrogens is 318 g/mol. The van der Waals surface area contributed by atoms with E-state index < -0.39 is 11.9 Å².